The molecule has 3 rings (SSSR count). The Morgan fingerprint density at radius 3 is 2.82 bits per heavy atom. The van der Waals surface area contributed by atoms with Gasteiger partial charge in [-0.1, -0.05) is 35.9 Å². The van der Waals surface area contributed by atoms with Gasteiger partial charge < -0.3 is 5.11 Å². The minimum absolute atomic E-state index is 0.495. The molecule has 0 aromatic heterocycles. The highest BCUT2D eigenvalue weighted by Crippen LogP contribution is 2.40. The number of carboxylic acid groups (broad SMARTS) is 1. The highest BCUT2D eigenvalue weighted by Gasteiger charge is 2.26. The summed E-state index contributed by atoms with van der Waals surface area (Å²) in [5.74, 6) is -0.799. The molecule has 17 heavy (non-hydrogen) atoms. The van der Waals surface area contributed by atoms with Crippen molar-refractivity contribution in [2.75, 3.05) is 0 Å². The zero-order valence-electron chi connectivity index (χ0n) is 9.57. The highest BCUT2D eigenvalue weighted by molar-refractivity contribution is 6.08. The van der Waals surface area contributed by atoms with Crippen LogP contribution >= 0.6 is 0 Å². The van der Waals surface area contributed by atoms with Gasteiger partial charge in [0.05, 0.1) is 5.57 Å². The van der Waals surface area contributed by atoms with E-state index >= 15 is 0 Å². The smallest absolute Gasteiger partial charge is 0.335 e. The van der Waals surface area contributed by atoms with Crippen molar-refractivity contribution in [2.45, 2.75) is 25.7 Å². The third-order valence-corrected chi connectivity index (χ3v) is 3.62. The van der Waals surface area contributed by atoms with Gasteiger partial charge in [-0.15, -0.1) is 0 Å². The van der Waals surface area contributed by atoms with E-state index in [1.807, 2.05) is 18.2 Å². The number of hydrogen-bond donors (Lipinski definition) is 1. The van der Waals surface area contributed by atoms with Gasteiger partial charge in [0.1, 0.15) is 0 Å². The van der Waals surface area contributed by atoms with Crippen molar-refractivity contribution in [1.82, 2.24) is 0 Å². The molecule has 86 valence electrons. The Hall–Kier alpha value is -1.83. The van der Waals surface area contributed by atoms with Gasteiger partial charge >= 0.3 is 5.97 Å². The Bertz CT molecular complexity index is 550. The summed E-state index contributed by atoms with van der Waals surface area (Å²) >= 11 is 0. The second kappa shape index (κ2) is 3.88. The first-order valence-electron chi connectivity index (χ1n) is 6.01. The van der Waals surface area contributed by atoms with Crippen molar-refractivity contribution in [3.63, 3.8) is 0 Å². The van der Waals surface area contributed by atoms with Crippen molar-refractivity contribution in [2.24, 2.45) is 0 Å². The van der Waals surface area contributed by atoms with E-state index in [4.69, 9.17) is 0 Å². The number of rotatable bonds is 1. The summed E-state index contributed by atoms with van der Waals surface area (Å²) in [6, 6.07) is 8.19. The summed E-state index contributed by atoms with van der Waals surface area (Å²) in [4.78, 5) is 11.3. The zero-order chi connectivity index (χ0) is 11.8. The van der Waals surface area contributed by atoms with Crippen molar-refractivity contribution >= 4 is 11.5 Å². The van der Waals surface area contributed by atoms with Gasteiger partial charge in [-0.05, 0) is 42.4 Å². The molecule has 0 spiro atoms. The second-order valence-electron chi connectivity index (χ2n) is 4.62. The topological polar surface area (TPSA) is 37.3 Å². The number of allylic oxidation sites excluding steroid dienone is 2. The van der Waals surface area contributed by atoms with E-state index in [0.29, 0.717) is 5.57 Å². The number of fused-ring (bicyclic) bond motifs is 2. The summed E-state index contributed by atoms with van der Waals surface area (Å²) in [5, 5.41) is 9.27. The molecule has 0 saturated heterocycles. The number of carboxylic acids is 1. The van der Waals surface area contributed by atoms with Crippen LogP contribution in [0.4, 0.5) is 0 Å². The normalized spacial score (nSPS) is 18.2. The molecule has 2 aliphatic carbocycles. The fourth-order valence-corrected chi connectivity index (χ4v) is 2.85. The van der Waals surface area contributed by atoms with Crippen molar-refractivity contribution in [3.8, 4) is 0 Å². The van der Waals surface area contributed by atoms with Gasteiger partial charge in [-0.3, -0.25) is 0 Å². The second-order valence-corrected chi connectivity index (χ2v) is 4.62. The van der Waals surface area contributed by atoms with Gasteiger partial charge in [0.15, 0.2) is 0 Å². The van der Waals surface area contributed by atoms with Gasteiger partial charge in [0, 0.05) is 0 Å². The Kier molecular flexibility index (Phi) is 2.36. The van der Waals surface area contributed by atoms with Gasteiger partial charge in [0.25, 0.3) is 0 Å². The fourth-order valence-electron chi connectivity index (χ4n) is 2.85. The predicted octanol–water partition coefficient (Wildman–Crippen LogP) is 3.19. The van der Waals surface area contributed by atoms with E-state index in [-0.39, 0.29) is 0 Å². The van der Waals surface area contributed by atoms with E-state index in [9.17, 15) is 9.90 Å². The molecular formula is C15H14O2. The van der Waals surface area contributed by atoms with Crippen molar-refractivity contribution in [3.05, 3.63) is 52.6 Å². The zero-order valence-corrected chi connectivity index (χ0v) is 9.57. The SMILES string of the molecule is O=C(O)C1=CCC2=C1c1ccccc1CCC2. The lowest BCUT2D eigenvalue weighted by Gasteiger charge is -2.10. The lowest BCUT2D eigenvalue weighted by molar-refractivity contribution is -0.132. The minimum atomic E-state index is -0.799. The Morgan fingerprint density at radius 1 is 1.18 bits per heavy atom. The largest absolute Gasteiger partial charge is 0.478 e. The summed E-state index contributed by atoms with van der Waals surface area (Å²) in [6.07, 6.45) is 5.87. The average Bonchev–Trinajstić information content (AvgIpc) is 2.66. The Balaban J connectivity index is 2.19. The molecule has 1 aromatic rings. The summed E-state index contributed by atoms with van der Waals surface area (Å²) < 4.78 is 0. The molecule has 0 radical (unpaired) electrons. The molecule has 2 aliphatic rings. The van der Waals surface area contributed by atoms with Crippen LogP contribution in [0.15, 0.2) is 41.5 Å². The maximum absolute atomic E-state index is 11.3. The van der Waals surface area contributed by atoms with Crippen molar-refractivity contribution < 1.29 is 9.90 Å². The lowest BCUT2D eigenvalue weighted by Crippen LogP contribution is -2.02. The van der Waals surface area contributed by atoms with E-state index in [0.717, 1.165) is 36.8 Å². The van der Waals surface area contributed by atoms with Crippen LogP contribution in [0.3, 0.4) is 0 Å². The molecule has 0 amide bonds. The molecule has 0 bridgehead atoms. The summed E-state index contributed by atoms with van der Waals surface area (Å²) in [7, 11) is 0. The van der Waals surface area contributed by atoms with Crippen LogP contribution in [0.1, 0.15) is 30.4 Å². The summed E-state index contributed by atoms with van der Waals surface area (Å²) in [5.41, 5.74) is 5.20. The van der Waals surface area contributed by atoms with Gasteiger partial charge in [0.2, 0.25) is 0 Å². The number of carbonyl (C=O) groups is 1. The molecule has 0 saturated carbocycles. The quantitative estimate of drug-likeness (QED) is 0.798. The third-order valence-electron chi connectivity index (χ3n) is 3.62. The van der Waals surface area contributed by atoms with Crippen LogP contribution in [0.25, 0.3) is 5.57 Å². The first kappa shape index (κ1) is 10.3. The minimum Gasteiger partial charge on any atom is -0.478 e. The van der Waals surface area contributed by atoms with Crippen LogP contribution in [0.2, 0.25) is 0 Å². The van der Waals surface area contributed by atoms with Crippen LogP contribution < -0.4 is 0 Å². The van der Waals surface area contributed by atoms with Crippen LogP contribution in [-0.4, -0.2) is 11.1 Å². The van der Waals surface area contributed by atoms with Gasteiger partial charge in [-0.25, -0.2) is 4.79 Å². The van der Waals surface area contributed by atoms with E-state index in [2.05, 4.69) is 12.1 Å². The number of benzene rings is 1. The lowest BCUT2D eigenvalue weighted by atomic mass is 9.94. The molecule has 2 heteroatoms. The van der Waals surface area contributed by atoms with E-state index in [1.54, 1.807) is 0 Å². The molecule has 2 nitrogen and oxygen atoms in total. The van der Waals surface area contributed by atoms with E-state index in [1.165, 1.54) is 11.1 Å². The monoisotopic (exact) mass is 226 g/mol. The molecule has 0 atom stereocenters. The Labute approximate surface area is 100 Å². The maximum atomic E-state index is 11.3. The maximum Gasteiger partial charge on any atom is 0.335 e. The third kappa shape index (κ3) is 1.60. The predicted molar refractivity (Wildman–Crippen MR) is 66.6 cm³/mol. The van der Waals surface area contributed by atoms with Crippen LogP contribution in [0.5, 0.6) is 0 Å². The molecular weight excluding hydrogens is 212 g/mol. The Morgan fingerprint density at radius 2 is 2.00 bits per heavy atom. The number of aliphatic carboxylic acids is 1. The molecule has 0 heterocycles. The van der Waals surface area contributed by atoms with Crippen molar-refractivity contribution in [1.29, 1.82) is 0 Å². The molecule has 0 fully saturated rings. The van der Waals surface area contributed by atoms with Gasteiger partial charge in [-0.2, -0.15) is 0 Å². The van der Waals surface area contributed by atoms with Crippen LogP contribution in [0, 0.1) is 0 Å². The number of aryl methyl sites for hydroxylation is 1. The van der Waals surface area contributed by atoms with E-state index < -0.39 is 5.97 Å². The first-order valence-corrected chi connectivity index (χ1v) is 6.01. The average molecular weight is 226 g/mol. The fraction of sp³-hybridized carbons (Fsp3) is 0.267. The van der Waals surface area contributed by atoms with Crippen LogP contribution in [-0.2, 0) is 11.2 Å². The molecule has 1 N–H and O–H groups in total. The highest BCUT2D eigenvalue weighted by atomic mass is 16.4. The molecule has 0 unspecified atom stereocenters. The first-order chi connectivity index (χ1) is 8.27. The molecule has 0 aliphatic heterocycles. The summed E-state index contributed by atoms with van der Waals surface area (Å²) in [6.45, 7) is 0. The standard InChI is InChI=1S/C15H14O2/c16-15(17)13-9-8-11-6-3-5-10-4-1-2-7-12(10)14(11)13/h1-2,4,7,9H,3,5-6,8H2,(H,16,17). The molecule has 1 aromatic carbocycles. The number of hydrogen-bond acceptors (Lipinski definition) is 1.